The number of aryl methyl sites for hydroxylation is 1. The highest BCUT2D eigenvalue weighted by atomic mass is 35.5. The molecule has 1 saturated heterocycles. The second kappa shape index (κ2) is 9.26. The highest BCUT2D eigenvalue weighted by Crippen LogP contribution is 2.24. The summed E-state index contributed by atoms with van der Waals surface area (Å²) in [5.74, 6) is -0.0201. The first-order valence-electron chi connectivity index (χ1n) is 9.67. The molecule has 0 aliphatic carbocycles. The number of anilines is 1. The molecule has 1 heterocycles. The molecule has 0 bridgehead atoms. The molecule has 2 aromatic rings. The molecule has 0 saturated carbocycles. The van der Waals surface area contributed by atoms with Gasteiger partial charge in [0.05, 0.1) is 15.5 Å². The highest BCUT2D eigenvalue weighted by molar-refractivity contribution is 7.89. The number of hydrogen-bond acceptors (Lipinski definition) is 4. The van der Waals surface area contributed by atoms with Crippen molar-refractivity contribution in [1.82, 2.24) is 10.0 Å². The van der Waals surface area contributed by atoms with Crippen LogP contribution in [0.2, 0.25) is 5.02 Å². The minimum atomic E-state index is -3.64. The topological polar surface area (TPSA) is 87.3 Å². The average molecular weight is 436 g/mol. The molecule has 0 aromatic heterocycles. The second-order valence-corrected chi connectivity index (χ2v) is 9.53. The number of halogens is 1. The number of carbonyl (C=O) groups is 1. The minimum absolute atomic E-state index is 0.137. The lowest BCUT2D eigenvalue weighted by Gasteiger charge is -2.28. The summed E-state index contributed by atoms with van der Waals surface area (Å²) in [6.45, 7) is 5.50. The van der Waals surface area contributed by atoms with Crippen LogP contribution in [0.3, 0.4) is 0 Å². The third-order valence-electron chi connectivity index (χ3n) is 5.31. The van der Waals surface area contributed by atoms with Gasteiger partial charge in [0, 0.05) is 11.7 Å². The quantitative estimate of drug-likeness (QED) is 0.647. The van der Waals surface area contributed by atoms with Crippen molar-refractivity contribution in [3.8, 4) is 0 Å². The molecule has 1 aliphatic rings. The van der Waals surface area contributed by atoms with E-state index < -0.39 is 10.0 Å². The summed E-state index contributed by atoms with van der Waals surface area (Å²) < 4.78 is 28.4. The van der Waals surface area contributed by atoms with Crippen molar-refractivity contribution >= 4 is 33.2 Å². The van der Waals surface area contributed by atoms with Gasteiger partial charge in [-0.3, -0.25) is 4.79 Å². The molecular formula is C21H26ClN3O3S. The van der Waals surface area contributed by atoms with Crippen molar-refractivity contribution in [2.75, 3.05) is 18.4 Å². The van der Waals surface area contributed by atoms with Gasteiger partial charge in [0.1, 0.15) is 0 Å². The van der Waals surface area contributed by atoms with Crippen molar-refractivity contribution in [1.29, 1.82) is 0 Å². The van der Waals surface area contributed by atoms with E-state index in [1.165, 1.54) is 6.07 Å². The molecule has 1 unspecified atom stereocenters. The van der Waals surface area contributed by atoms with Crippen molar-refractivity contribution in [3.05, 3.63) is 58.6 Å². The van der Waals surface area contributed by atoms with Crippen LogP contribution < -0.4 is 15.4 Å². The lowest BCUT2D eigenvalue weighted by atomic mass is 9.92. The van der Waals surface area contributed by atoms with Crippen LogP contribution in [0.1, 0.15) is 35.7 Å². The van der Waals surface area contributed by atoms with E-state index >= 15 is 0 Å². The van der Waals surface area contributed by atoms with Gasteiger partial charge >= 0.3 is 0 Å². The maximum absolute atomic E-state index is 12.8. The number of amides is 1. The number of carbonyl (C=O) groups excluding carboxylic acids is 1. The lowest BCUT2D eigenvalue weighted by Crippen LogP contribution is -2.42. The molecular weight excluding hydrogens is 410 g/mol. The molecule has 0 radical (unpaired) electrons. The van der Waals surface area contributed by atoms with Crippen molar-refractivity contribution in [2.24, 2.45) is 5.92 Å². The first-order valence-corrected chi connectivity index (χ1v) is 11.5. The second-order valence-electron chi connectivity index (χ2n) is 7.41. The normalized spacial score (nSPS) is 16.4. The van der Waals surface area contributed by atoms with Crippen LogP contribution in [0.4, 0.5) is 5.69 Å². The largest absolute Gasteiger partial charge is 0.322 e. The molecule has 3 rings (SSSR count). The Hall–Kier alpha value is -1.93. The fraction of sp³-hybridized carbons (Fsp3) is 0.381. The average Bonchev–Trinajstić information content (AvgIpc) is 2.70. The summed E-state index contributed by atoms with van der Waals surface area (Å²) in [6.07, 6.45) is 1.91. The Morgan fingerprint density at radius 2 is 1.86 bits per heavy atom. The standard InChI is InChI=1S/C21H26ClN3O3S/c1-14-13-17(29(27,28)25-15(2)16-9-11-23-12-10-16)7-8-20(14)24-21(26)18-5-3-4-6-19(18)22/h3-8,13,15-16,23,25H,9-12H2,1-2H3,(H,24,26). The number of benzene rings is 2. The van der Waals surface area contributed by atoms with Gasteiger partial charge in [-0.15, -0.1) is 0 Å². The van der Waals surface area contributed by atoms with E-state index in [1.807, 2.05) is 6.92 Å². The van der Waals surface area contributed by atoms with Crippen LogP contribution in [-0.2, 0) is 10.0 Å². The van der Waals surface area contributed by atoms with Crippen molar-refractivity contribution in [3.63, 3.8) is 0 Å². The Kier molecular flexibility index (Phi) is 6.95. The minimum Gasteiger partial charge on any atom is -0.322 e. The van der Waals surface area contributed by atoms with Crippen LogP contribution in [0.5, 0.6) is 0 Å². The van der Waals surface area contributed by atoms with Gasteiger partial charge in [-0.2, -0.15) is 0 Å². The number of nitrogens with one attached hydrogen (secondary N) is 3. The smallest absolute Gasteiger partial charge is 0.257 e. The first-order chi connectivity index (χ1) is 13.8. The zero-order valence-corrected chi connectivity index (χ0v) is 18.1. The van der Waals surface area contributed by atoms with Gasteiger partial charge < -0.3 is 10.6 Å². The summed E-state index contributed by atoms with van der Waals surface area (Å²) in [5, 5.41) is 6.44. The summed E-state index contributed by atoms with van der Waals surface area (Å²) in [4.78, 5) is 12.6. The van der Waals surface area contributed by atoms with Crippen LogP contribution in [-0.4, -0.2) is 33.5 Å². The van der Waals surface area contributed by atoms with Gasteiger partial charge in [0.25, 0.3) is 5.91 Å². The summed E-state index contributed by atoms with van der Waals surface area (Å²) >= 11 is 6.07. The summed E-state index contributed by atoms with van der Waals surface area (Å²) in [7, 11) is -3.64. The molecule has 3 N–H and O–H groups in total. The Balaban J connectivity index is 1.72. The molecule has 1 fully saturated rings. The van der Waals surface area contributed by atoms with Gasteiger partial charge in [0.15, 0.2) is 0 Å². The van der Waals surface area contributed by atoms with Crippen LogP contribution in [0.15, 0.2) is 47.4 Å². The first kappa shape index (κ1) is 21.8. The Bertz CT molecular complexity index is 988. The fourth-order valence-electron chi connectivity index (χ4n) is 3.53. The molecule has 29 heavy (non-hydrogen) atoms. The Morgan fingerprint density at radius 3 is 2.52 bits per heavy atom. The van der Waals surface area contributed by atoms with E-state index in [0.717, 1.165) is 25.9 Å². The van der Waals surface area contributed by atoms with E-state index in [0.29, 0.717) is 27.8 Å². The molecule has 1 aliphatic heterocycles. The number of piperidine rings is 1. The molecule has 1 amide bonds. The zero-order chi connectivity index (χ0) is 21.0. The highest BCUT2D eigenvalue weighted by Gasteiger charge is 2.25. The number of sulfonamides is 1. The summed E-state index contributed by atoms with van der Waals surface area (Å²) in [6, 6.07) is 11.3. The molecule has 6 nitrogen and oxygen atoms in total. The monoisotopic (exact) mass is 435 g/mol. The van der Waals surface area contributed by atoms with Crippen molar-refractivity contribution in [2.45, 2.75) is 37.6 Å². The van der Waals surface area contributed by atoms with Crippen LogP contribution >= 0.6 is 11.6 Å². The van der Waals surface area contributed by atoms with Gasteiger partial charge in [-0.1, -0.05) is 23.7 Å². The van der Waals surface area contributed by atoms with Gasteiger partial charge in [0.2, 0.25) is 10.0 Å². The van der Waals surface area contributed by atoms with E-state index in [9.17, 15) is 13.2 Å². The third-order valence-corrected chi connectivity index (χ3v) is 7.19. The molecule has 2 aromatic carbocycles. The van der Waals surface area contributed by atoms with E-state index in [-0.39, 0.29) is 16.8 Å². The maximum atomic E-state index is 12.8. The Morgan fingerprint density at radius 1 is 1.17 bits per heavy atom. The fourth-order valence-corrected chi connectivity index (χ4v) is 5.15. The summed E-state index contributed by atoms with van der Waals surface area (Å²) in [5.41, 5.74) is 1.56. The Labute approximate surface area is 177 Å². The lowest BCUT2D eigenvalue weighted by molar-refractivity contribution is 0.102. The number of rotatable bonds is 6. The molecule has 156 valence electrons. The number of hydrogen-bond donors (Lipinski definition) is 3. The third kappa shape index (κ3) is 5.36. The predicted molar refractivity (Wildman–Crippen MR) is 116 cm³/mol. The van der Waals surface area contributed by atoms with E-state index in [4.69, 9.17) is 11.6 Å². The van der Waals surface area contributed by atoms with Crippen LogP contribution in [0, 0.1) is 12.8 Å². The van der Waals surface area contributed by atoms with Gasteiger partial charge in [-0.05, 0) is 81.6 Å². The predicted octanol–water partition coefficient (Wildman–Crippen LogP) is 3.57. The molecule has 8 heteroatoms. The van der Waals surface area contributed by atoms with E-state index in [1.54, 1.807) is 43.3 Å². The van der Waals surface area contributed by atoms with Crippen molar-refractivity contribution < 1.29 is 13.2 Å². The van der Waals surface area contributed by atoms with Crippen LogP contribution in [0.25, 0.3) is 0 Å². The zero-order valence-electron chi connectivity index (χ0n) is 16.5. The van der Waals surface area contributed by atoms with E-state index in [2.05, 4.69) is 15.4 Å². The SMILES string of the molecule is Cc1cc(S(=O)(=O)NC(C)C2CCNCC2)ccc1NC(=O)c1ccccc1Cl. The maximum Gasteiger partial charge on any atom is 0.257 e. The molecule has 0 spiro atoms. The van der Waals surface area contributed by atoms with Gasteiger partial charge in [-0.25, -0.2) is 13.1 Å². The molecule has 1 atom stereocenters.